The third kappa shape index (κ3) is 4.71. The molecular weight excluding hydrogens is 374 g/mol. The van der Waals surface area contributed by atoms with E-state index in [1.165, 1.54) is 26.4 Å². The highest BCUT2D eigenvalue weighted by Gasteiger charge is 2.23. The van der Waals surface area contributed by atoms with Crippen molar-refractivity contribution in [1.29, 1.82) is 0 Å². The minimum atomic E-state index is -3.77. The van der Waals surface area contributed by atoms with Crippen LogP contribution in [0.5, 0.6) is 11.5 Å². The van der Waals surface area contributed by atoms with Crippen molar-refractivity contribution in [1.82, 2.24) is 4.72 Å². The Kier molecular flexibility index (Phi) is 6.34. The summed E-state index contributed by atoms with van der Waals surface area (Å²) in [5.74, 6) is 0.843. The second kappa shape index (κ2) is 8.91. The molecule has 3 aromatic carbocycles. The first-order valence-electron chi connectivity index (χ1n) is 8.86. The lowest BCUT2D eigenvalue weighted by Crippen LogP contribution is -2.30. The zero-order valence-corrected chi connectivity index (χ0v) is 16.6. The highest BCUT2D eigenvalue weighted by molar-refractivity contribution is 7.89. The number of methoxy groups -OCH3 is 2. The molecular formula is C22H23NO4S. The fourth-order valence-corrected chi connectivity index (χ4v) is 4.24. The highest BCUT2D eigenvalue weighted by Crippen LogP contribution is 2.30. The number of benzene rings is 3. The molecule has 0 saturated carbocycles. The topological polar surface area (TPSA) is 64.6 Å². The molecule has 0 radical (unpaired) electrons. The number of hydrogen-bond acceptors (Lipinski definition) is 4. The van der Waals surface area contributed by atoms with Crippen LogP contribution in [0.2, 0.25) is 0 Å². The molecule has 1 N–H and O–H groups in total. The molecule has 5 nitrogen and oxygen atoms in total. The number of rotatable bonds is 8. The van der Waals surface area contributed by atoms with Gasteiger partial charge in [0.1, 0.15) is 0 Å². The van der Waals surface area contributed by atoms with Gasteiger partial charge < -0.3 is 9.47 Å². The van der Waals surface area contributed by atoms with E-state index in [0.29, 0.717) is 17.9 Å². The molecule has 0 unspecified atom stereocenters. The summed E-state index contributed by atoms with van der Waals surface area (Å²) in [5.41, 5.74) is 1.95. The van der Waals surface area contributed by atoms with Crippen molar-refractivity contribution < 1.29 is 17.9 Å². The van der Waals surface area contributed by atoms with Gasteiger partial charge in [-0.15, -0.1) is 0 Å². The van der Waals surface area contributed by atoms with Gasteiger partial charge in [0.25, 0.3) is 0 Å². The van der Waals surface area contributed by atoms with E-state index in [9.17, 15) is 8.42 Å². The van der Waals surface area contributed by atoms with Crippen molar-refractivity contribution in [3.05, 3.63) is 90.0 Å². The van der Waals surface area contributed by atoms with Gasteiger partial charge in [-0.2, -0.15) is 0 Å². The molecule has 3 rings (SSSR count). The van der Waals surface area contributed by atoms with Crippen LogP contribution in [-0.2, 0) is 16.4 Å². The Bertz CT molecular complexity index is 1010. The summed E-state index contributed by atoms with van der Waals surface area (Å²) in [4.78, 5) is 0.124. The van der Waals surface area contributed by atoms with Gasteiger partial charge in [0, 0.05) is 6.07 Å². The normalized spacial score (nSPS) is 12.4. The SMILES string of the molecule is COc1ccc(S(=O)(=O)N[C@H](Cc2ccccc2)c2ccccc2)cc1OC. The smallest absolute Gasteiger partial charge is 0.241 e. The molecule has 28 heavy (non-hydrogen) atoms. The van der Waals surface area contributed by atoms with Crippen LogP contribution in [-0.4, -0.2) is 22.6 Å². The van der Waals surface area contributed by atoms with Crippen LogP contribution in [0.4, 0.5) is 0 Å². The largest absolute Gasteiger partial charge is 0.493 e. The fourth-order valence-electron chi connectivity index (χ4n) is 3.00. The fraction of sp³-hybridized carbons (Fsp3) is 0.182. The minimum Gasteiger partial charge on any atom is -0.493 e. The summed E-state index contributed by atoms with van der Waals surface area (Å²) in [6.07, 6.45) is 0.539. The number of hydrogen-bond donors (Lipinski definition) is 1. The Balaban J connectivity index is 1.93. The summed E-state index contributed by atoms with van der Waals surface area (Å²) in [6.45, 7) is 0. The van der Waals surface area contributed by atoms with Crippen molar-refractivity contribution in [3.63, 3.8) is 0 Å². The maximum absolute atomic E-state index is 13.1. The zero-order chi connectivity index (χ0) is 20.0. The van der Waals surface area contributed by atoms with Gasteiger partial charge in [0.15, 0.2) is 11.5 Å². The lowest BCUT2D eigenvalue weighted by atomic mass is 10.00. The predicted molar refractivity (Wildman–Crippen MR) is 109 cm³/mol. The Labute approximate surface area is 166 Å². The molecule has 0 aliphatic carbocycles. The van der Waals surface area contributed by atoms with Gasteiger partial charge in [0.05, 0.1) is 25.2 Å². The summed E-state index contributed by atoms with van der Waals surface area (Å²) in [6, 6.07) is 23.5. The Morgan fingerprint density at radius 1 is 0.821 bits per heavy atom. The van der Waals surface area contributed by atoms with Crippen molar-refractivity contribution in [2.45, 2.75) is 17.4 Å². The van der Waals surface area contributed by atoms with Gasteiger partial charge >= 0.3 is 0 Å². The number of ether oxygens (including phenoxy) is 2. The quantitative estimate of drug-likeness (QED) is 0.625. The van der Waals surface area contributed by atoms with Gasteiger partial charge in [-0.05, 0) is 29.7 Å². The monoisotopic (exact) mass is 397 g/mol. The highest BCUT2D eigenvalue weighted by atomic mass is 32.2. The maximum Gasteiger partial charge on any atom is 0.241 e. The van der Waals surface area contributed by atoms with Crippen LogP contribution in [0.3, 0.4) is 0 Å². The summed E-state index contributed by atoms with van der Waals surface area (Å²) in [5, 5.41) is 0. The van der Waals surface area contributed by atoms with Gasteiger partial charge in [-0.3, -0.25) is 0 Å². The maximum atomic E-state index is 13.1. The Hall–Kier alpha value is -2.83. The Morgan fingerprint density at radius 3 is 2.04 bits per heavy atom. The molecule has 0 aromatic heterocycles. The second-order valence-electron chi connectivity index (χ2n) is 6.29. The summed E-state index contributed by atoms with van der Waals surface area (Å²) < 4.78 is 39.4. The average Bonchev–Trinajstić information content (AvgIpc) is 2.74. The van der Waals surface area contributed by atoms with E-state index in [-0.39, 0.29) is 4.90 Å². The number of nitrogens with one attached hydrogen (secondary N) is 1. The molecule has 0 amide bonds. The average molecular weight is 397 g/mol. The minimum absolute atomic E-state index is 0.124. The molecule has 146 valence electrons. The lowest BCUT2D eigenvalue weighted by Gasteiger charge is -2.20. The van der Waals surface area contributed by atoms with Gasteiger partial charge in [-0.1, -0.05) is 60.7 Å². The van der Waals surface area contributed by atoms with Crippen LogP contribution in [0.15, 0.2) is 83.8 Å². The van der Waals surface area contributed by atoms with E-state index in [1.54, 1.807) is 6.07 Å². The second-order valence-corrected chi connectivity index (χ2v) is 8.01. The zero-order valence-electron chi connectivity index (χ0n) is 15.8. The molecule has 0 saturated heterocycles. The van der Waals surface area contributed by atoms with E-state index in [1.807, 2.05) is 60.7 Å². The lowest BCUT2D eigenvalue weighted by molar-refractivity contribution is 0.354. The van der Waals surface area contributed by atoms with Crippen LogP contribution in [0, 0.1) is 0 Å². The van der Waals surface area contributed by atoms with Crippen LogP contribution >= 0.6 is 0 Å². The standard InChI is InChI=1S/C22H23NO4S/c1-26-21-14-13-19(16-22(21)27-2)28(24,25)23-20(18-11-7-4-8-12-18)15-17-9-5-3-6-10-17/h3-14,16,20,23H,15H2,1-2H3/t20-/m1/s1. The first kappa shape index (κ1) is 19.9. The molecule has 6 heteroatoms. The van der Waals surface area contributed by atoms with E-state index < -0.39 is 16.1 Å². The Morgan fingerprint density at radius 2 is 1.43 bits per heavy atom. The summed E-state index contributed by atoms with van der Waals surface area (Å²) >= 11 is 0. The number of sulfonamides is 1. The first-order chi connectivity index (χ1) is 13.5. The predicted octanol–water partition coefficient (Wildman–Crippen LogP) is 3.97. The molecule has 0 bridgehead atoms. The third-order valence-electron chi connectivity index (χ3n) is 4.45. The molecule has 0 heterocycles. The molecule has 3 aromatic rings. The first-order valence-corrected chi connectivity index (χ1v) is 10.3. The molecule has 0 aliphatic rings. The van der Waals surface area contributed by atoms with Gasteiger partial charge in [-0.25, -0.2) is 13.1 Å². The molecule has 0 aliphatic heterocycles. The van der Waals surface area contributed by atoms with E-state index in [4.69, 9.17) is 9.47 Å². The van der Waals surface area contributed by atoms with Crippen molar-refractivity contribution in [3.8, 4) is 11.5 Å². The molecule has 1 atom stereocenters. The van der Waals surface area contributed by atoms with E-state index >= 15 is 0 Å². The van der Waals surface area contributed by atoms with Crippen molar-refractivity contribution in [2.75, 3.05) is 14.2 Å². The van der Waals surface area contributed by atoms with Crippen LogP contribution < -0.4 is 14.2 Å². The van der Waals surface area contributed by atoms with E-state index in [2.05, 4.69) is 4.72 Å². The molecule has 0 spiro atoms. The van der Waals surface area contributed by atoms with Crippen LogP contribution in [0.1, 0.15) is 17.2 Å². The van der Waals surface area contributed by atoms with Crippen molar-refractivity contribution >= 4 is 10.0 Å². The van der Waals surface area contributed by atoms with Gasteiger partial charge in [0.2, 0.25) is 10.0 Å². The molecule has 0 fully saturated rings. The van der Waals surface area contributed by atoms with Crippen molar-refractivity contribution in [2.24, 2.45) is 0 Å². The third-order valence-corrected chi connectivity index (χ3v) is 5.92. The van der Waals surface area contributed by atoms with E-state index in [0.717, 1.165) is 11.1 Å². The summed E-state index contributed by atoms with van der Waals surface area (Å²) in [7, 11) is -0.785. The van der Waals surface area contributed by atoms with Crippen LogP contribution in [0.25, 0.3) is 0 Å².